The van der Waals surface area contributed by atoms with Gasteiger partial charge in [0.2, 0.25) is 11.8 Å². The van der Waals surface area contributed by atoms with Crippen LogP contribution < -0.4 is 10.6 Å². The molecule has 1 aromatic carbocycles. The van der Waals surface area contributed by atoms with Gasteiger partial charge in [0, 0.05) is 24.7 Å². The highest BCUT2D eigenvalue weighted by molar-refractivity contribution is 7.09. The Hall–Kier alpha value is -2.34. The van der Waals surface area contributed by atoms with Crippen molar-refractivity contribution in [1.29, 1.82) is 0 Å². The van der Waals surface area contributed by atoms with Crippen LogP contribution in [0.2, 0.25) is 0 Å². The summed E-state index contributed by atoms with van der Waals surface area (Å²) < 4.78 is 0. The summed E-state index contributed by atoms with van der Waals surface area (Å²) in [6.07, 6.45) is 0.312. The Morgan fingerprint density at radius 1 is 1.13 bits per heavy atom. The van der Waals surface area contributed by atoms with E-state index in [9.17, 15) is 9.59 Å². The summed E-state index contributed by atoms with van der Waals surface area (Å²) in [5.41, 5.74) is 1.70. The quantitative estimate of drug-likeness (QED) is 0.817. The molecule has 0 fully saturated rings. The molecule has 2 aromatic rings. The van der Waals surface area contributed by atoms with E-state index in [0.29, 0.717) is 13.0 Å². The third-order valence-electron chi connectivity index (χ3n) is 3.34. The average molecular weight is 331 g/mol. The molecule has 0 aliphatic heterocycles. The van der Waals surface area contributed by atoms with Crippen LogP contribution in [0.1, 0.15) is 10.4 Å². The Morgan fingerprint density at radius 2 is 1.91 bits per heavy atom. The standard InChI is InChI=1S/C17H21N3O2S/c1-20(2)17(22)10-13-6-3-4-8-15(13)18-12-16(21)19-11-14-7-5-9-23-14/h3-9,18H,10-12H2,1-2H3,(H,19,21). The minimum absolute atomic E-state index is 0.0291. The first-order valence-corrected chi connectivity index (χ1v) is 8.25. The van der Waals surface area contributed by atoms with Crippen LogP contribution in [0.15, 0.2) is 41.8 Å². The fraction of sp³-hybridized carbons (Fsp3) is 0.294. The second-order valence-electron chi connectivity index (χ2n) is 5.33. The lowest BCUT2D eigenvalue weighted by molar-refractivity contribution is -0.128. The average Bonchev–Trinajstić information content (AvgIpc) is 3.05. The van der Waals surface area contributed by atoms with E-state index in [-0.39, 0.29) is 18.4 Å². The first-order valence-electron chi connectivity index (χ1n) is 7.37. The number of para-hydroxylation sites is 1. The van der Waals surface area contributed by atoms with Gasteiger partial charge in [0.05, 0.1) is 19.5 Å². The van der Waals surface area contributed by atoms with Crippen LogP contribution in [0.5, 0.6) is 0 Å². The number of hydrogen-bond acceptors (Lipinski definition) is 4. The zero-order chi connectivity index (χ0) is 16.7. The van der Waals surface area contributed by atoms with Crippen LogP contribution in [0, 0.1) is 0 Å². The molecule has 0 aliphatic carbocycles. The Balaban J connectivity index is 1.87. The number of hydrogen-bond donors (Lipinski definition) is 2. The summed E-state index contributed by atoms with van der Waals surface area (Å²) in [5, 5.41) is 7.96. The summed E-state index contributed by atoms with van der Waals surface area (Å²) in [6, 6.07) is 11.5. The molecule has 2 N–H and O–H groups in total. The molecular formula is C17H21N3O2S. The topological polar surface area (TPSA) is 61.4 Å². The second kappa shape index (κ2) is 8.33. The van der Waals surface area contributed by atoms with Gasteiger partial charge in [0.25, 0.3) is 0 Å². The van der Waals surface area contributed by atoms with Crippen molar-refractivity contribution in [3.63, 3.8) is 0 Å². The fourth-order valence-corrected chi connectivity index (χ4v) is 2.65. The van der Waals surface area contributed by atoms with E-state index in [0.717, 1.165) is 16.1 Å². The highest BCUT2D eigenvalue weighted by Gasteiger charge is 2.10. The molecule has 0 saturated carbocycles. The number of rotatable bonds is 7. The van der Waals surface area contributed by atoms with Gasteiger partial charge in [-0.1, -0.05) is 24.3 Å². The number of likely N-dealkylation sites (N-methyl/N-ethyl adjacent to an activating group) is 1. The molecule has 0 bridgehead atoms. The molecule has 2 rings (SSSR count). The van der Waals surface area contributed by atoms with Crippen LogP contribution in [-0.4, -0.2) is 37.4 Å². The molecule has 5 nitrogen and oxygen atoms in total. The molecular weight excluding hydrogens is 310 g/mol. The smallest absolute Gasteiger partial charge is 0.239 e. The highest BCUT2D eigenvalue weighted by Crippen LogP contribution is 2.16. The van der Waals surface area contributed by atoms with E-state index < -0.39 is 0 Å². The van der Waals surface area contributed by atoms with Gasteiger partial charge in [-0.05, 0) is 23.1 Å². The zero-order valence-electron chi connectivity index (χ0n) is 13.3. The van der Waals surface area contributed by atoms with E-state index in [1.165, 1.54) is 0 Å². The summed E-state index contributed by atoms with van der Waals surface area (Å²) in [6.45, 7) is 0.720. The van der Waals surface area contributed by atoms with E-state index in [4.69, 9.17) is 0 Å². The summed E-state index contributed by atoms with van der Waals surface area (Å²) >= 11 is 1.61. The maximum absolute atomic E-state index is 11.9. The van der Waals surface area contributed by atoms with Gasteiger partial charge in [0.1, 0.15) is 0 Å². The first kappa shape index (κ1) is 17.0. The van der Waals surface area contributed by atoms with Crippen LogP contribution in [0.25, 0.3) is 0 Å². The van der Waals surface area contributed by atoms with Crippen LogP contribution in [-0.2, 0) is 22.6 Å². The largest absolute Gasteiger partial charge is 0.376 e. The number of nitrogens with zero attached hydrogens (tertiary/aromatic N) is 1. The molecule has 122 valence electrons. The molecule has 0 atom stereocenters. The number of thiophene rings is 1. The third-order valence-corrected chi connectivity index (χ3v) is 4.21. The number of benzene rings is 1. The monoisotopic (exact) mass is 331 g/mol. The molecule has 1 aromatic heterocycles. The van der Waals surface area contributed by atoms with Crippen LogP contribution in [0.3, 0.4) is 0 Å². The van der Waals surface area contributed by atoms with Gasteiger partial charge in [-0.15, -0.1) is 11.3 Å². The number of carbonyl (C=O) groups is 2. The molecule has 6 heteroatoms. The number of amides is 2. The van der Waals surface area contributed by atoms with Crippen molar-refractivity contribution < 1.29 is 9.59 Å². The maximum Gasteiger partial charge on any atom is 0.239 e. The SMILES string of the molecule is CN(C)C(=O)Cc1ccccc1NCC(=O)NCc1cccs1. The van der Waals surface area contributed by atoms with Gasteiger partial charge in [-0.2, -0.15) is 0 Å². The molecule has 2 amide bonds. The van der Waals surface area contributed by atoms with Crippen LogP contribution in [0.4, 0.5) is 5.69 Å². The lowest BCUT2D eigenvalue weighted by atomic mass is 10.1. The van der Waals surface area contributed by atoms with Gasteiger partial charge in [-0.25, -0.2) is 0 Å². The minimum atomic E-state index is -0.0767. The van der Waals surface area contributed by atoms with Crippen LogP contribution >= 0.6 is 11.3 Å². The molecule has 0 unspecified atom stereocenters. The lowest BCUT2D eigenvalue weighted by Gasteiger charge is -2.14. The maximum atomic E-state index is 11.9. The van der Waals surface area contributed by atoms with Crippen molar-refractivity contribution >= 4 is 28.8 Å². The molecule has 1 heterocycles. The fourth-order valence-electron chi connectivity index (χ4n) is 2.00. The normalized spacial score (nSPS) is 10.2. The highest BCUT2D eigenvalue weighted by atomic mass is 32.1. The lowest BCUT2D eigenvalue weighted by Crippen LogP contribution is -2.29. The van der Waals surface area contributed by atoms with Gasteiger partial charge < -0.3 is 15.5 Å². The molecule has 0 aliphatic rings. The van der Waals surface area contributed by atoms with Gasteiger partial charge in [0.15, 0.2) is 0 Å². The minimum Gasteiger partial charge on any atom is -0.376 e. The van der Waals surface area contributed by atoms with Crippen molar-refractivity contribution in [3.05, 3.63) is 52.2 Å². The van der Waals surface area contributed by atoms with E-state index in [1.54, 1.807) is 30.3 Å². The van der Waals surface area contributed by atoms with Gasteiger partial charge in [-0.3, -0.25) is 9.59 Å². The van der Waals surface area contributed by atoms with E-state index in [2.05, 4.69) is 10.6 Å². The summed E-state index contributed by atoms with van der Waals surface area (Å²) in [4.78, 5) is 26.4. The molecule has 23 heavy (non-hydrogen) atoms. The van der Waals surface area contributed by atoms with Crippen molar-refractivity contribution in [3.8, 4) is 0 Å². The summed E-state index contributed by atoms with van der Waals surface area (Å²) in [7, 11) is 3.47. The van der Waals surface area contributed by atoms with Gasteiger partial charge >= 0.3 is 0 Å². The molecule has 0 radical (unpaired) electrons. The Morgan fingerprint density at radius 3 is 2.61 bits per heavy atom. The Kier molecular flexibility index (Phi) is 6.17. The predicted octanol–water partition coefficient (Wildman–Crippen LogP) is 2.11. The zero-order valence-corrected chi connectivity index (χ0v) is 14.2. The number of nitrogens with one attached hydrogen (secondary N) is 2. The molecule has 0 spiro atoms. The first-order chi connectivity index (χ1) is 11.1. The van der Waals surface area contributed by atoms with Crippen molar-refractivity contribution in [2.24, 2.45) is 0 Å². The predicted molar refractivity (Wildman–Crippen MR) is 93.5 cm³/mol. The second-order valence-corrected chi connectivity index (χ2v) is 6.36. The molecule has 0 saturated heterocycles. The summed E-state index contributed by atoms with van der Waals surface area (Å²) in [5.74, 6) is -0.0477. The number of carbonyl (C=O) groups excluding carboxylic acids is 2. The van der Waals surface area contributed by atoms with Crippen molar-refractivity contribution in [2.45, 2.75) is 13.0 Å². The van der Waals surface area contributed by atoms with Crippen molar-refractivity contribution in [2.75, 3.05) is 26.0 Å². The Labute approximate surface area is 140 Å². The van der Waals surface area contributed by atoms with Crippen molar-refractivity contribution in [1.82, 2.24) is 10.2 Å². The van der Waals surface area contributed by atoms with E-state index >= 15 is 0 Å². The third kappa shape index (κ3) is 5.41. The van der Waals surface area contributed by atoms with E-state index in [1.807, 2.05) is 41.8 Å². The Bertz CT molecular complexity index is 654. The number of anilines is 1.